The average molecular weight is 326 g/mol. The van der Waals surface area contributed by atoms with Crippen molar-refractivity contribution < 1.29 is 4.79 Å². The second-order valence-corrected chi connectivity index (χ2v) is 7.25. The predicted molar refractivity (Wildman–Crippen MR) is 98.8 cm³/mol. The third-order valence-electron chi connectivity index (χ3n) is 5.41. The molecular formula is C21H30N2O. The predicted octanol–water partition coefficient (Wildman–Crippen LogP) is 3.41. The van der Waals surface area contributed by atoms with Crippen LogP contribution in [0.25, 0.3) is 0 Å². The van der Waals surface area contributed by atoms with Gasteiger partial charge in [0.15, 0.2) is 0 Å². The van der Waals surface area contributed by atoms with Crippen molar-refractivity contribution >= 4 is 5.91 Å². The molecule has 1 atom stereocenters. The fourth-order valence-electron chi connectivity index (χ4n) is 3.88. The van der Waals surface area contributed by atoms with Crippen molar-refractivity contribution in [1.82, 2.24) is 10.2 Å². The summed E-state index contributed by atoms with van der Waals surface area (Å²) in [6.45, 7) is 4.12. The molecule has 24 heavy (non-hydrogen) atoms. The van der Waals surface area contributed by atoms with Crippen LogP contribution in [-0.4, -0.2) is 37.0 Å². The molecule has 1 aromatic rings. The van der Waals surface area contributed by atoms with Gasteiger partial charge in [-0.15, -0.1) is 0 Å². The molecule has 0 spiro atoms. The first-order valence-electron chi connectivity index (χ1n) is 9.50. The minimum atomic E-state index is 0.211. The van der Waals surface area contributed by atoms with Gasteiger partial charge in [0.1, 0.15) is 0 Å². The lowest BCUT2D eigenvalue weighted by molar-refractivity contribution is -0.126. The maximum Gasteiger partial charge on any atom is 0.223 e. The molecule has 0 unspecified atom stereocenters. The fraction of sp³-hybridized carbons (Fsp3) is 0.571. The molecule has 1 N–H and O–H groups in total. The number of allylic oxidation sites excluding steroid dienone is 2. The van der Waals surface area contributed by atoms with Crippen molar-refractivity contribution in [2.45, 2.75) is 38.5 Å². The molecule has 1 amide bonds. The summed E-state index contributed by atoms with van der Waals surface area (Å²) in [5.41, 5.74) is 1.29. The van der Waals surface area contributed by atoms with E-state index < -0.39 is 0 Å². The van der Waals surface area contributed by atoms with Gasteiger partial charge in [0.05, 0.1) is 0 Å². The van der Waals surface area contributed by atoms with Crippen molar-refractivity contribution in [3.8, 4) is 0 Å². The molecule has 0 aromatic heterocycles. The quantitative estimate of drug-likeness (QED) is 0.813. The number of hydrogen-bond donors (Lipinski definition) is 1. The maximum atomic E-state index is 12.3. The maximum absolute atomic E-state index is 12.3. The van der Waals surface area contributed by atoms with Gasteiger partial charge in [-0.05, 0) is 63.1 Å². The third kappa shape index (κ3) is 5.20. The van der Waals surface area contributed by atoms with E-state index >= 15 is 0 Å². The fourth-order valence-corrected chi connectivity index (χ4v) is 3.88. The zero-order chi connectivity index (χ0) is 16.6. The number of piperidine rings is 1. The number of rotatable bonds is 6. The molecule has 3 heteroatoms. The van der Waals surface area contributed by atoms with E-state index in [4.69, 9.17) is 0 Å². The van der Waals surface area contributed by atoms with Crippen LogP contribution in [0.2, 0.25) is 0 Å². The van der Waals surface area contributed by atoms with Gasteiger partial charge in [-0.3, -0.25) is 4.79 Å². The Morgan fingerprint density at radius 1 is 1.08 bits per heavy atom. The van der Waals surface area contributed by atoms with Gasteiger partial charge in [0, 0.05) is 19.0 Å². The van der Waals surface area contributed by atoms with E-state index in [1.165, 1.54) is 31.4 Å². The number of nitrogens with zero attached hydrogens (tertiary/aromatic N) is 1. The third-order valence-corrected chi connectivity index (χ3v) is 5.41. The Labute approximate surface area is 146 Å². The Balaban J connectivity index is 1.33. The molecule has 3 rings (SSSR count). The normalized spacial score (nSPS) is 22.4. The number of likely N-dealkylation sites (tertiary alicyclic amines) is 1. The van der Waals surface area contributed by atoms with Crippen LogP contribution in [0.15, 0.2) is 42.5 Å². The minimum Gasteiger partial charge on any atom is -0.356 e. The average Bonchev–Trinajstić information content (AvgIpc) is 2.64. The van der Waals surface area contributed by atoms with Crippen LogP contribution in [0, 0.1) is 11.8 Å². The molecule has 1 fully saturated rings. The smallest absolute Gasteiger partial charge is 0.223 e. The van der Waals surface area contributed by atoms with Gasteiger partial charge in [0.25, 0.3) is 0 Å². The number of amides is 1. The standard InChI is InChI=1S/C21H30N2O/c24-21(22-14-11-18-7-3-1-4-8-18)20-12-15-23(16-13-20)17-19-9-5-2-6-10-19/h1-5,7-8,19-20H,6,9-17H2,(H,22,24)/t19-/m0/s1. The van der Waals surface area contributed by atoms with E-state index in [2.05, 4.69) is 46.6 Å². The highest BCUT2D eigenvalue weighted by Crippen LogP contribution is 2.23. The summed E-state index contributed by atoms with van der Waals surface area (Å²) in [5, 5.41) is 3.13. The zero-order valence-electron chi connectivity index (χ0n) is 14.6. The number of hydrogen-bond acceptors (Lipinski definition) is 2. The van der Waals surface area contributed by atoms with Crippen molar-refractivity contribution in [3.63, 3.8) is 0 Å². The van der Waals surface area contributed by atoms with E-state index in [1.54, 1.807) is 0 Å². The molecule has 130 valence electrons. The molecule has 1 aliphatic carbocycles. The Kier molecular flexibility index (Phi) is 6.48. The lowest BCUT2D eigenvalue weighted by Crippen LogP contribution is -2.42. The SMILES string of the molecule is O=C(NCCc1ccccc1)C1CCN(C[C@H]2CC=CCC2)CC1. The second-order valence-electron chi connectivity index (χ2n) is 7.25. The van der Waals surface area contributed by atoms with Crippen LogP contribution in [0.5, 0.6) is 0 Å². The molecule has 0 radical (unpaired) electrons. The van der Waals surface area contributed by atoms with E-state index in [-0.39, 0.29) is 11.8 Å². The highest BCUT2D eigenvalue weighted by atomic mass is 16.1. The van der Waals surface area contributed by atoms with Crippen LogP contribution in [0.3, 0.4) is 0 Å². The van der Waals surface area contributed by atoms with Gasteiger partial charge in [-0.1, -0.05) is 42.5 Å². The summed E-state index contributed by atoms with van der Waals surface area (Å²) >= 11 is 0. The first-order valence-corrected chi connectivity index (χ1v) is 9.50. The van der Waals surface area contributed by atoms with E-state index in [9.17, 15) is 4.79 Å². The molecule has 1 heterocycles. The Morgan fingerprint density at radius 2 is 1.88 bits per heavy atom. The number of carbonyl (C=O) groups is 1. The zero-order valence-corrected chi connectivity index (χ0v) is 14.6. The Morgan fingerprint density at radius 3 is 2.58 bits per heavy atom. The molecule has 1 aliphatic heterocycles. The Bertz CT molecular complexity index is 532. The van der Waals surface area contributed by atoms with Crippen LogP contribution in [-0.2, 0) is 11.2 Å². The topological polar surface area (TPSA) is 32.3 Å². The summed E-state index contributed by atoms with van der Waals surface area (Å²) in [4.78, 5) is 14.9. The van der Waals surface area contributed by atoms with Crippen molar-refractivity contribution in [2.75, 3.05) is 26.2 Å². The lowest BCUT2D eigenvalue weighted by atomic mass is 9.91. The summed E-state index contributed by atoms with van der Waals surface area (Å²) in [7, 11) is 0. The number of carbonyl (C=O) groups excluding carboxylic acids is 1. The molecule has 0 saturated carbocycles. The summed E-state index contributed by atoms with van der Waals surface area (Å²) in [6, 6.07) is 10.4. The van der Waals surface area contributed by atoms with E-state index in [0.717, 1.165) is 44.8 Å². The molecule has 3 nitrogen and oxygen atoms in total. The monoisotopic (exact) mass is 326 g/mol. The number of benzene rings is 1. The number of nitrogens with one attached hydrogen (secondary N) is 1. The van der Waals surface area contributed by atoms with Crippen molar-refractivity contribution in [3.05, 3.63) is 48.0 Å². The minimum absolute atomic E-state index is 0.211. The summed E-state index contributed by atoms with van der Waals surface area (Å²) in [6.07, 6.45) is 11.4. The highest BCUT2D eigenvalue weighted by molar-refractivity contribution is 5.78. The first-order chi connectivity index (χ1) is 11.8. The van der Waals surface area contributed by atoms with Crippen molar-refractivity contribution in [1.29, 1.82) is 0 Å². The largest absolute Gasteiger partial charge is 0.356 e. The molecule has 2 aliphatic rings. The van der Waals surface area contributed by atoms with Crippen LogP contribution < -0.4 is 5.32 Å². The van der Waals surface area contributed by atoms with Crippen LogP contribution in [0.1, 0.15) is 37.7 Å². The van der Waals surface area contributed by atoms with Gasteiger partial charge in [-0.25, -0.2) is 0 Å². The molecular weight excluding hydrogens is 296 g/mol. The molecule has 1 saturated heterocycles. The molecule has 1 aromatic carbocycles. The summed E-state index contributed by atoms with van der Waals surface area (Å²) < 4.78 is 0. The molecule has 0 bridgehead atoms. The lowest BCUT2D eigenvalue weighted by Gasteiger charge is -2.34. The summed E-state index contributed by atoms with van der Waals surface area (Å²) in [5.74, 6) is 1.29. The highest BCUT2D eigenvalue weighted by Gasteiger charge is 2.26. The Hall–Kier alpha value is -1.61. The van der Waals surface area contributed by atoms with Gasteiger partial charge >= 0.3 is 0 Å². The van der Waals surface area contributed by atoms with Crippen LogP contribution >= 0.6 is 0 Å². The van der Waals surface area contributed by atoms with Crippen LogP contribution in [0.4, 0.5) is 0 Å². The first kappa shape index (κ1) is 17.2. The van der Waals surface area contributed by atoms with Gasteiger partial charge < -0.3 is 10.2 Å². The van der Waals surface area contributed by atoms with Gasteiger partial charge in [0.2, 0.25) is 5.91 Å². The van der Waals surface area contributed by atoms with Gasteiger partial charge in [-0.2, -0.15) is 0 Å². The van der Waals surface area contributed by atoms with E-state index in [0.29, 0.717) is 0 Å². The second kappa shape index (κ2) is 9.03. The van der Waals surface area contributed by atoms with E-state index in [1.807, 2.05) is 6.07 Å². The van der Waals surface area contributed by atoms with Crippen molar-refractivity contribution in [2.24, 2.45) is 11.8 Å².